The Hall–Kier alpha value is -2.30. The maximum atomic E-state index is 11.9. The molecule has 0 unspecified atom stereocenters. The highest BCUT2D eigenvalue weighted by molar-refractivity contribution is 5.81. The van der Waals surface area contributed by atoms with E-state index in [0.29, 0.717) is 0 Å². The summed E-state index contributed by atoms with van der Waals surface area (Å²) in [5.74, 6) is -0.791. The summed E-state index contributed by atoms with van der Waals surface area (Å²) in [7, 11) is 0. The number of ether oxygens (including phenoxy) is 1. The molecule has 0 fully saturated rings. The van der Waals surface area contributed by atoms with E-state index in [1.807, 2.05) is 24.3 Å². The molecule has 0 spiro atoms. The van der Waals surface area contributed by atoms with Crippen molar-refractivity contribution < 1.29 is 19.4 Å². The van der Waals surface area contributed by atoms with E-state index in [9.17, 15) is 14.7 Å². The van der Waals surface area contributed by atoms with Crippen LogP contribution in [0.1, 0.15) is 18.1 Å². The summed E-state index contributed by atoms with van der Waals surface area (Å²) in [5, 5.41) is 9.25. The van der Waals surface area contributed by atoms with Gasteiger partial charge in [-0.3, -0.25) is 4.90 Å². The average molecular weight is 261 g/mol. The van der Waals surface area contributed by atoms with Gasteiger partial charge in [-0.2, -0.15) is 0 Å². The summed E-state index contributed by atoms with van der Waals surface area (Å²) in [6.45, 7) is 5.27. The third kappa shape index (κ3) is 2.76. The zero-order valence-electron chi connectivity index (χ0n) is 10.6. The van der Waals surface area contributed by atoms with Gasteiger partial charge in [0.05, 0.1) is 12.3 Å². The van der Waals surface area contributed by atoms with Crippen molar-refractivity contribution in [3.8, 4) is 0 Å². The van der Waals surface area contributed by atoms with Crippen molar-refractivity contribution in [2.24, 2.45) is 0 Å². The van der Waals surface area contributed by atoms with Crippen LogP contribution in [0, 0.1) is 0 Å². The van der Waals surface area contributed by atoms with E-state index < -0.39 is 18.1 Å². The van der Waals surface area contributed by atoms with Gasteiger partial charge in [0.1, 0.15) is 6.04 Å². The zero-order valence-corrected chi connectivity index (χ0v) is 10.6. The molecule has 19 heavy (non-hydrogen) atoms. The minimum absolute atomic E-state index is 0.235. The number of aliphatic carboxylic acids is 1. The Bertz CT molecular complexity index is 538. The first-order chi connectivity index (χ1) is 8.99. The molecule has 5 heteroatoms. The van der Waals surface area contributed by atoms with Gasteiger partial charge in [-0.1, -0.05) is 30.8 Å². The summed E-state index contributed by atoms with van der Waals surface area (Å²) in [4.78, 5) is 24.4. The fraction of sp³-hybridized carbons (Fsp3) is 0.286. The molecule has 2 rings (SSSR count). The van der Waals surface area contributed by atoms with Crippen LogP contribution in [0.5, 0.6) is 0 Å². The van der Waals surface area contributed by atoms with Gasteiger partial charge in [-0.25, -0.2) is 9.59 Å². The molecule has 1 aromatic rings. The van der Waals surface area contributed by atoms with Crippen molar-refractivity contribution >= 4 is 12.1 Å². The first kappa shape index (κ1) is 13.1. The zero-order chi connectivity index (χ0) is 14.0. The third-order valence-corrected chi connectivity index (χ3v) is 3.03. The number of hydrogen-bond donors (Lipinski definition) is 1. The number of carboxylic acids is 1. The van der Waals surface area contributed by atoms with Gasteiger partial charge in [0.15, 0.2) is 0 Å². The van der Waals surface area contributed by atoms with E-state index in [4.69, 9.17) is 4.74 Å². The lowest BCUT2D eigenvalue weighted by atomic mass is 9.94. The lowest BCUT2D eigenvalue weighted by molar-refractivity contribution is -0.143. The van der Waals surface area contributed by atoms with Gasteiger partial charge in [-0.15, -0.1) is 0 Å². The molecule has 1 heterocycles. The Morgan fingerprint density at radius 2 is 2.00 bits per heavy atom. The summed E-state index contributed by atoms with van der Waals surface area (Å²) < 4.78 is 4.91. The van der Waals surface area contributed by atoms with Crippen LogP contribution in [-0.4, -0.2) is 28.1 Å². The van der Waals surface area contributed by atoms with E-state index in [0.717, 1.165) is 11.1 Å². The van der Waals surface area contributed by atoms with Crippen molar-refractivity contribution in [3.63, 3.8) is 0 Å². The molecule has 0 aromatic heterocycles. The number of amides is 1. The van der Waals surface area contributed by atoms with Crippen LogP contribution in [0.2, 0.25) is 0 Å². The largest absolute Gasteiger partial charge is 0.480 e. The van der Waals surface area contributed by atoms with Crippen molar-refractivity contribution in [1.29, 1.82) is 0 Å². The van der Waals surface area contributed by atoms with Gasteiger partial charge < -0.3 is 9.84 Å². The third-order valence-electron chi connectivity index (χ3n) is 3.03. The van der Waals surface area contributed by atoms with Crippen LogP contribution in [-0.2, 0) is 22.5 Å². The minimum Gasteiger partial charge on any atom is -0.480 e. The van der Waals surface area contributed by atoms with Gasteiger partial charge in [0.2, 0.25) is 0 Å². The van der Waals surface area contributed by atoms with Crippen molar-refractivity contribution in [2.75, 3.05) is 0 Å². The lowest BCUT2D eigenvalue weighted by Crippen LogP contribution is -2.48. The number of benzene rings is 1. The fourth-order valence-corrected chi connectivity index (χ4v) is 2.14. The molecule has 100 valence electrons. The topological polar surface area (TPSA) is 66.8 Å². The SMILES string of the molecule is C=C(C)OC(=O)N1Cc2ccccc2C[C@H]1C(=O)O. The van der Waals surface area contributed by atoms with Crippen LogP contribution in [0.25, 0.3) is 0 Å². The molecule has 1 amide bonds. The number of hydrogen-bond acceptors (Lipinski definition) is 3. The molecule has 1 atom stereocenters. The van der Waals surface area contributed by atoms with Crippen LogP contribution >= 0.6 is 0 Å². The quantitative estimate of drug-likeness (QED) is 0.828. The fourth-order valence-electron chi connectivity index (χ4n) is 2.14. The van der Waals surface area contributed by atoms with Gasteiger partial charge in [0, 0.05) is 6.42 Å². The summed E-state index contributed by atoms with van der Waals surface area (Å²) >= 11 is 0. The Balaban J connectivity index is 2.29. The number of fused-ring (bicyclic) bond motifs is 1. The number of carboxylic acid groups (broad SMARTS) is 1. The predicted octanol–water partition coefficient (Wildman–Crippen LogP) is 2.17. The molecule has 0 radical (unpaired) electrons. The number of rotatable bonds is 2. The number of carbonyl (C=O) groups excluding carboxylic acids is 1. The molecule has 5 nitrogen and oxygen atoms in total. The molecule has 0 saturated heterocycles. The highest BCUT2D eigenvalue weighted by Gasteiger charge is 2.35. The summed E-state index contributed by atoms with van der Waals surface area (Å²) in [6, 6.07) is 6.59. The van der Waals surface area contributed by atoms with E-state index >= 15 is 0 Å². The van der Waals surface area contributed by atoms with Crippen molar-refractivity contribution in [3.05, 3.63) is 47.7 Å². The molecular formula is C14H15NO4. The van der Waals surface area contributed by atoms with Gasteiger partial charge in [-0.05, 0) is 18.1 Å². The lowest BCUT2D eigenvalue weighted by Gasteiger charge is -2.33. The predicted molar refractivity (Wildman–Crippen MR) is 68.4 cm³/mol. The van der Waals surface area contributed by atoms with E-state index in [1.165, 1.54) is 4.90 Å². The standard InChI is InChI=1S/C14H15NO4/c1-9(2)19-14(18)15-8-11-6-4-3-5-10(11)7-12(15)13(16)17/h3-6,12H,1,7-8H2,2H3,(H,16,17)/t12-/m0/s1. The smallest absolute Gasteiger partial charge is 0.415 e. The molecule has 0 bridgehead atoms. The normalized spacial score (nSPS) is 17.5. The average Bonchev–Trinajstić information content (AvgIpc) is 2.36. The molecule has 1 aliphatic heterocycles. The highest BCUT2D eigenvalue weighted by Crippen LogP contribution is 2.24. The highest BCUT2D eigenvalue weighted by atomic mass is 16.6. The van der Waals surface area contributed by atoms with E-state index in [-0.39, 0.29) is 18.7 Å². The second kappa shape index (κ2) is 5.14. The van der Waals surface area contributed by atoms with E-state index in [2.05, 4.69) is 6.58 Å². The second-order valence-electron chi connectivity index (χ2n) is 4.52. The molecule has 0 aliphatic carbocycles. The van der Waals surface area contributed by atoms with Crippen LogP contribution in [0.3, 0.4) is 0 Å². The minimum atomic E-state index is -1.03. The van der Waals surface area contributed by atoms with Crippen molar-refractivity contribution in [1.82, 2.24) is 4.90 Å². The van der Waals surface area contributed by atoms with Crippen LogP contribution in [0.15, 0.2) is 36.6 Å². The Labute approximate surface area is 111 Å². The first-order valence-corrected chi connectivity index (χ1v) is 5.92. The molecule has 1 aliphatic rings. The molecular weight excluding hydrogens is 246 g/mol. The summed E-state index contributed by atoms with van der Waals surface area (Å²) in [5.41, 5.74) is 1.90. The number of allylic oxidation sites excluding steroid dienone is 1. The summed E-state index contributed by atoms with van der Waals surface area (Å²) in [6.07, 6.45) is -0.383. The Kier molecular flexibility index (Phi) is 3.55. The first-order valence-electron chi connectivity index (χ1n) is 5.92. The maximum Gasteiger partial charge on any atom is 0.415 e. The molecule has 0 saturated carbocycles. The van der Waals surface area contributed by atoms with Gasteiger partial charge >= 0.3 is 12.1 Å². The van der Waals surface area contributed by atoms with Crippen LogP contribution < -0.4 is 0 Å². The second-order valence-corrected chi connectivity index (χ2v) is 4.52. The number of nitrogens with zero attached hydrogens (tertiary/aromatic N) is 1. The molecule has 1 aromatic carbocycles. The van der Waals surface area contributed by atoms with Crippen molar-refractivity contribution in [2.45, 2.75) is 25.9 Å². The Morgan fingerprint density at radius 1 is 1.37 bits per heavy atom. The maximum absolute atomic E-state index is 11.9. The molecule has 1 N–H and O–H groups in total. The monoisotopic (exact) mass is 261 g/mol. The number of carbonyl (C=O) groups is 2. The van der Waals surface area contributed by atoms with Gasteiger partial charge in [0.25, 0.3) is 0 Å². The van der Waals surface area contributed by atoms with Crippen LogP contribution in [0.4, 0.5) is 4.79 Å². The van der Waals surface area contributed by atoms with E-state index in [1.54, 1.807) is 6.92 Å². The Morgan fingerprint density at radius 3 is 2.58 bits per heavy atom.